The lowest BCUT2D eigenvalue weighted by atomic mass is 10.1. The lowest BCUT2D eigenvalue weighted by molar-refractivity contribution is -0.143. The van der Waals surface area contributed by atoms with Crippen molar-refractivity contribution in [3.8, 4) is 5.75 Å². The number of fused-ring (bicyclic) bond motifs is 1. The van der Waals surface area contributed by atoms with Gasteiger partial charge in [-0.3, -0.25) is 14.5 Å². The molecule has 0 spiro atoms. The van der Waals surface area contributed by atoms with Gasteiger partial charge in [0.15, 0.2) is 0 Å². The first-order valence-corrected chi connectivity index (χ1v) is 8.42. The van der Waals surface area contributed by atoms with Crippen molar-refractivity contribution in [2.75, 3.05) is 20.2 Å². The summed E-state index contributed by atoms with van der Waals surface area (Å²) in [5.41, 5.74) is 1.14. The molecule has 6 heteroatoms. The number of amides is 2. The van der Waals surface area contributed by atoms with Gasteiger partial charge in [0.2, 0.25) is 11.8 Å². The third-order valence-electron chi connectivity index (χ3n) is 4.98. The molecule has 0 bridgehead atoms. The van der Waals surface area contributed by atoms with Crippen LogP contribution < -0.4 is 10.1 Å². The lowest BCUT2D eigenvalue weighted by Gasteiger charge is -2.41. The second-order valence-corrected chi connectivity index (χ2v) is 6.73. The molecular formula is C18H25N3O3. The van der Waals surface area contributed by atoms with Crippen LogP contribution in [0.1, 0.15) is 25.8 Å². The molecule has 2 heterocycles. The van der Waals surface area contributed by atoms with Crippen LogP contribution in [0, 0.1) is 0 Å². The van der Waals surface area contributed by atoms with Gasteiger partial charge in [0, 0.05) is 38.6 Å². The Morgan fingerprint density at radius 3 is 2.88 bits per heavy atom. The number of carbonyl (C=O) groups is 2. The van der Waals surface area contributed by atoms with E-state index in [-0.39, 0.29) is 29.9 Å². The molecule has 3 atom stereocenters. The highest BCUT2D eigenvalue weighted by molar-refractivity contribution is 5.83. The Labute approximate surface area is 142 Å². The van der Waals surface area contributed by atoms with Crippen molar-refractivity contribution in [2.45, 2.75) is 44.9 Å². The van der Waals surface area contributed by atoms with E-state index in [0.29, 0.717) is 6.54 Å². The highest BCUT2D eigenvalue weighted by atomic mass is 16.5. The van der Waals surface area contributed by atoms with Crippen molar-refractivity contribution in [2.24, 2.45) is 0 Å². The number of rotatable bonds is 4. The van der Waals surface area contributed by atoms with Crippen molar-refractivity contribution in [1.29, 1.82) is 0 Å². The molecule has 0 aliphatic carbocycles. The molecule has 2 aliphatic rings. The molecule has 6 nitrogen and oxygen atoms in total. The van der Waals surface area contributed by atoms with Crippen LogP contribution in [-0.2, 0) is 16.1 Å². The predicted molar refractivity (Wildman–Crippen MR) is 90.6 cm³/mol. The molecule has 0 unspecified atom stereocenters. The first-order chi connectivity index (χ1) is 11.5. The Balaban J connectivity index is 1.70. The monoisotopic (exact) mass is 331 g/mol. The van der Waals surface area contributed by atoms with E-state index in [1.807, 2.05) is 30.0 Å². The van der Waals surface area contributed by atoms with Crippen molar-refractivity contribution < 1.29 is 14.3 Å². The summed E-state index contributed by atoms with van der Waals surface area (Å²) in [5.74, 6) is 0.951. The summed E-state index contributed by atoms with van der Waals surface area (Å²) in [4.78, 5) is 28.1. The van der Waals surface area contributed by atoms with Gasteiger partial charge < -0.3 is 15.0 Å². The van der Waals surface area contributed by atoms with E-state index in [0.717, 1.165) is 30.8 Å². The Hall–Kier alpha value is -2.08. The zero-order valence-corrected chi connectivity index (χ0v) is 14.5. The zero-order valence-electron chi connectivity index (χ0n) is 14.5. The summed E-state index contributed by atoms with van der Waals surface area (Å²) in [6, 6.07) is 8.06. The number of carbonyl (C=O) groups excluding carboxylic acids is 2. The van der Waals surface area contributed by atoms with Gasteiger partial charge in [0.05, 0.1) is 13.2 Å². The van der Waals surface area contributed by atoms with Crippen molar-refractivity contribution >= 4 is 11.8 Å². The molecular weight excluding hydrogens is 306 g/mol. The van der Waals surface area contributed by atoms with Crippen molar-refractivity contribution in [3.05, 3.63) is 29.8 Å². The Bertz CT molecular complexity index is 634. The number of nitrogens with one attached hydrogen (secondary N) is 1. The van der Waals surface area contributed by atoms with Crippen LogP contribution in [0.15, 0.2) is 24.3 Å². The van der Waals surface area contributed by atoms with E-state index >= 15 is 0 Å². The van der Waals surface area contributed by atoms with E-state index in [9.17, 15) is 9.59 Å². The predicted octanol–water partition coefficient (Wildman–Crippen LogP) is 1.00. The average Bonchev–Trinajstić information content (AvgIpc) is 2.94. The highest BCUT2D eigenvalue weighted by Crippen LogP contribution is 2.27. The molecule has 0 saturated carbocycles. The van der Waals surface area contributed by atoms with Gasteiger partial charge in [0.25, 0.3) is 0 Å². The lowest BCUT2D eigenvalue weighted by Crippen LogP contribution is -2.58. The van der Waals surface area contributed by atoms with Crippen molar-refractivity contribution in [3.63, 3.8) is 0 Å². The van der Waals surface area contributed by atoms with Gasteiger partial charge >= 0.3 is 0 Å². The first kappa shape index (κ1) is 16.8. The zero-order chi connectivity index (χ0) is 17.3. The number of piperazine rings is 1. The molecule has 0 aromatic heterocycles. The minimum absolute atomic E-state index is 0.0337. The fourth-order valence-corrected chi connectivity index (χ4v) is 3.78. The number of benzene rings is 1. The SMILES string of the molecule is COc1cccc(CN2C[C@@H]3C[C@H](NC(C)=O)CN3C(=O)[C@@H]2C)c1. The second-order valence-electron chi connectivity index (χ2n) is 6.73. The molecule has 2 saturated heterocycles. The van der Waals surface area contributed by atoms with Crippen LogP contribution >= 0.6 is 0 Å². The summed E-state index contributed by atoms with van der Waals surface area (Å²) in [5, 5.41) is 2.95. The molecule has 24 heavy (non-hydrogen) atoms. The number of methoxy groups -OCH3 is 1. The Morgan fingerprint density at radius 1 is 1.38 bits per heavy atom. The third kappa shape index (κ3) is 3.38. The summed E-state index contributed by atoms with van der Waals surface area (Å²) >= 11 is 0. The van der Waals surface area contributed by atoms with Gasteiger partial charge in [-0.25, -0.2) is 0 Å². The number of nitrogens with zero attached hydrogens (tertiary/aromatic N) is 2. The third-order valence-corrected chi connectivity index (χ3v) is 4.98. The quantitative estimate of drug-likeness (QED) is 0.894. The number of ether oxygens (including phenoxy) is 1. The molecule has 1 aromatic rings. The highest BCUT2D eigenvalue weighted by Gasteiger charge is 2.43. The van der Waals surface area contributed by atoms with Gasteiger partial charge in [-0.05, 0) is 31.0 Å². The summed E-state index contributed by atoms with van der Waals surface area (Å²) < 4.78 is 5.28. The molecule has 1 N–H and O–H groups in total. The second kappa shape index (κ2) is 6.81. The largest absolute Gasteiger partial charge is 0.497 e. The Kier molecular flexibility index (Phi) is 4.76. The van der Waals surface area contributed by atoms with Crippen LogP contribution in [0.5, 0.6) is 5.75 Å². The molecule has 130 valence electrons. The van der Waals surface area contributed by atoms with Gasteiger partial charge in [0.1, 0.15) is 5.75 Å². The normalized spacial score (nSPS) is 27.0. The van der Waals surface area contributed by atoms with Gasteiger partial charge in [-0.2, -0.15) is 0 Å². The van der Waals surface area contributed by atoms with Crippen LogP contribution in [-0.4, -0.2) is 59.9 Å². The van der Waals surface area contributed by atoms with Crippen LogP contribution in [0.4, 0.5) is 0 Å². The minimum Gasteiger partial charge on any atom is -0.497 e. The first-order valence-electron chi connectivity index (χ1n) is 8.42. The fourth-order valence-electron chi connectivity index (χ4n) is 3.78. The number of hydrogen-bond acceptors (Lipinski definition) is 4. The molecule has 1 aromatic carbocycles. The van der Waals surface area contributed by atoms with E-state index in [1.165, 1.54) is 6.92 Å². The van der Waals surface area contributed by atoms with E-state index in [1.54, 1.807) is 7.11 Å². The molecule has 2 aliphatic heterocycles. The average molecular weight is 331 g/mol. The molecule has 2 fully saturated rings. The summed E-state index contributed by atoms with van der Waals surface area (Å²) in [6.07, 6.45) is 0.826. The van der Waals surface area contributed by atoms with Crippen molar-refractivity contribution in [1.82, 2.24) is 15.1 Å². The van der Waals surface area contributed by atoms with E-state index in [2.05, 4.69) is 16.3 Å². The molecule has 0 radical (unpaired) electrons. The number of hydrogen-bond donors (Lipinski definition) is 1. The maximum Gasteiger partial charge on any atom is 0.240 e. The van der Waals surface area contributed by atoms with E-state index in [4.69, 9.17) is 4.74 Å². The minimum atomic E-state index is -0.150. The van der Waals surface area contributed by atoms with Crippen LogP contribution in [0.25, 0.3) is 0 Å². The summed E-state index contributed by atoms with van der Waals surface area (Å²) in [7, 11) is 1.66. The maximum absolute atomic E-state index is 12.7. The van der Waals surface area contributed by atoms with Crippen LogP contribution in [0.2, 0.25) is 0 Å². The Morgan fingerprint density at radius 2 is 2.17 bits per heavy atom. The van der Waals surface area contributed by atoms with Gasteiger partial charge in [-0.15, -0.1) is 0 Å². The van der Waals surface area contributed by atoms with E-state index < -0.39 is 0 Å². The maximum atomic E-state index is 12.7. The topological polar surface area (TPSA) is 61.9 Å². The van der Waals surface area contributed by atoms with Gasteiger partial charge in [-0.1, -0.05) is 12.1 Å². The standard InChI is InChI=1S/C18H25N3O3/c1-12-18(23)21-10-15(19-13(2)22)8-16(21)11-20(12)9-14-5-4-6-17(7-14)24-3/h4-7,12,15-16H,8-11H2,1-3H3,(H,19,22)/t12-,15-,16-/m0/s1. The van der Waals surface area contributed by atoms with Crippen LogP contribution in [0.3, 0.4) is 0 Å². The smallest absolute Gasteiger partial charge is 0.240 e. The molecule has 3 rings (SSSR count). The summed E-state index contributed by atoms with van der Waals surface area (Å²) in [6.45, 7) is 5.67. The fraction of sp³-hybridized carbons (Fsp3) is 0.556. The molecule has 2 amide bonds.